The van der Waals surface area contributed by atoms with E-state index in [1.807, 2.05) is 20.9 Å². The van der Waals surface area contributed by atoms with Crippen LogP contribution in [0.4, 0.5) is 0 Å². The number of carbonyl (C=O) groups excluding carboxylic acids is 1. The molecule has 0 saturated carbocycles. The molecule has 2 N–H and O–H groups in total. The molecule has 6 heteroatoms. The standard InChI is InChI=1S/C11H19ClN4O/c1-4-14-10(17)5-6-13-7-9-8(2)15-16(3)11(9)12/h13H,4-7H2,1-3H3,(H,14,17). The molecule has 96 valence electrons. The Balaban J connectivity index is 2.34. The summed E-state index contributed by atoms with van der Waals surface area (Å²) in [5.74, 6) is 0.0639. The highest BCUT2D eigenvalue weighted by Crippen LogP contribution is 2.17. The summed E-state index contributed by atoms with van der Waals surface area (Å²) in [6, 6.07) is 0. The van der Waals surface area contributed by atoms with E-state index in [0.29, 0.717) is 31.2 Å². The molecule has 0 fully saturated rings. The lowest BCUT2D eigenvalue weighted by Crippen LogP contribution is -2.27. The van der Waals surface area contributed by atoms with Crippen molar-refractivity contribution in [2.24, 2.45) is 7.05 Å². The Bertz CT molecular complexity index is 389. The quantitative estimate of drug-likeness (QED) is 0.749. The summed E-state index contributed by atoms with van der Waals surface area (Å²) in [6.07, 6.45) is 0.477. The second kappa shape index (κ2) is 6.61. The maximum Gasteiger partial charge on any atom is 0.221 e. The van der Waals surface area contributed by atoms with E-state index in [1.165, 1.54) is 0 Å². The molecule has 1 aromatic rings. The molecule has 1 amide bonds. The van der Waals surface area contributed by atoms with E-state index < -0.39 is 0 Å². The zero-order valence-corrected chi connectivity index (χ0v) is 11.3. The Morgan fingerprint density at radius 3 is 2.76 bits per heavy atom. The number of aromatic nitrogens is 2. The Labute approximate surface area is 107 Å². The fourth-order valence-electron chi connectivity index (χ4n) is 1.58. The van der Waals surface area contributed by atoms with Crippen LogP contribution in [0.25, 0.3) is 0 Å². The molecule has 0 aromatic carbocycles. The van der Waals surface area contributed by atoms with Crippen molar-refractivity contribution in [3.63, 3.8) is 0 Å². The minimum atomic E-state index is 0.0639. The molecular formula is C11H19ClN4O. The molecule has 0 radical (unpaired) electrons. The van der Waals surface area contributed by atoms with Gasteiger partial charge < -0.3 is 10.6 Å². The van der Waals surface area contributed by atoms with E-state index in [1.54, 1.807) is 4.68 Å². The first-order chi connectivity index (χ1) is 8.06. The van der Waals surface area contributed by atoms with Crippen molar-refractivity contribution in [2.75, 3.05) is 13.1 Å². The van der Waals surface area contributed by atoms with Crippen molar-refractivity contribution < 1.29 is 4.79 Å². The van der Waals surface area contributed by atoms with Gasteiger partial charge in [0, 0.05) is 38.7 Å². The Hall–Kier alpha value is -1.07. The highest BCUT2D eigenvalue weighted by molar-refractivity contribution is 6.30. The van der Waals surface area contributed by atoms with Gasteiger partial charge in [-0.1, -0.05) is 11.6 Å². The minimum Gasteiger partial charge on any atom is -0.356 e. The monoisotopic (exact) mass is 258 g/mol. The number of halogens is 1. The maximum absolute atomic E-state index is 11.2. The van der Waals surface area contributed by atoms with Gasteiger partial charge in [-0.25, -0.2) is 0 Å². The van der Waals surface area contributed by atoms with Crippen LogP contribution in [0.5, 0.6) is 0 Å². The Kier molecular flexibility index (Phi) is 5.44. The van der Waals surface area contributed by atoms with E-state index >= 15 is 0 Å². The van der Waals surface area contributed by atoms with Gasteiger partial charge >= 0.3 is 0 Å². The highest BCUT2D eigenvalue weighted by atomic mass is 35.5. The average Bonchev–Trinajstić information content (AvgIpc) is 2.50. The third-order valence-electron chi connectivity index (χ3n) is 2.47. The molecule has 0 saturated heterocycles. The average molecular weight is 259 g/mol. The number of hydrogen-bond acceptors (Lipinski definition) is 3. The second-order valence-electron chi connectivity index (χ2n) is 3.86. The molecule has 1 aromatic heterocycles. The highest BCUT2D eigenvalue weighted by Gasteiger charge is 2.10. The van der Waals surface area contributed by atoms with Crippen LogP contribution < -0.4 is 10.6 Å². The van der Waals surface area contributed by atoms with Crippen molar-refractivity contribution >= 4 is 17.5 Å². The van der Waals surface area contributed by atoms with E-state index in [4.69, 9.17) is 11.6 Å². The molecular weight excluding hydrogens is 240 g/mol. The lowest BCUT2D eigenvalue weighted by Gasteiger charge is -2.05. The molecule has 0 atom stereocenters. The first-order valence-electron chi connectivity index (χ1n) is 5.71. The molecule has 1 rings (SSSR count). The third-order valence-corrected chi connectivity index (χ3v) is 2.95. The van der Waals surface area contributed by atoms with Gasteiger partial charge in [0.05, 0.1) is 5.69 Å². The molecule has 5 nitrogen and oxygen atoms in total. The zero-order valence-electron chi connectivity index (χ0n) is 10.5. The van der Waals surface area contributed by atoms with E-state index in [2.05, 4.69) is 15.7 Å². The molecule has 0 aliphatic carbocycles. The van der Waals surface area contributed by atoms with Crippen LogP contribution in [-0.4, -0.2) is 28.8 Å². The summed E-state index contributed by atoms with van der Waals surface area (Å²) in [6.45, 7) is 5.78. The van der Waals surface area contributed by atoms with Crippen LogP contribution in [0.2, 0.25) is 5.15 Å². The smallest absolute Gasteiger partial charge is 0.221 e. The van der Waals surface area contributed by atoms with E-state index in [9.17, 15) is 4.79 Å². The fraction of sp³-hybridized carbons (Fsp3) is 0.636. The number of nitrogens with one attached hydrogen (secondary N) is 2. The topological polar surface area (TPSA) is 59.0 Å². The van der Waals surface area contributed by atoms with E-state index in [-0.39, 0.29) is 5.91 Å². The third kappa shape index (κ3) is 4.02. The predicted molar refractivity (Wildman–Crippen MR) is 68.0 cm³/mol. The SMILES string of the molecule is CCNC(=O)CCNCc1c(C)nn(C)c1Cl. The van der Waals surface area contributed by atoms with Crippen LogP contribution in [0, 0.1) is 6.92 Å². The van der Waals surface area contributed by atoms with Crippen LogP contribution in [0.3, 0.4) is 0 Å². The van der Waals surface area contributed by atoms with Crippen LogP contribution in [-0.2, 0) is 18.4 Å². The number of aryl methyl sites for hydroxylation is 2. The van der Waals surface area contributed by atoms with Crippen molar-refractivity contribution in [2.45, 2.75) is 26.8 Å². The van der Waals surface area contributed by atoms with Crippen molar-refractivity contribution in [3.05, 3.63) is 16.4 Å². The summed E-state index contributed by atoms with van der Waals surface area (Å²) in [5.41, 5.74) is 1.91. The van der Waals surface area contributed by atoms with Gasteiger partial charge in [-0.2, -0.15) is 5.10 Å². The molecule has 1 heterocycles. The van der Waals surface area contributed by atoms with Gasteiger partial charge in [0.15, 0.2) is 0 Å². The molecule has 0 spiro atoms. The fourth-order valence-corrected chi connectivity index (χ4v) is 1.82. The van der Waals surface area contributed by atoms with Crippen LogP contribution >= 0.6 is 11.6 Å². The second-order valence-corrected chi connectivity index (χ2v) is 4.22. The number of hydrogen-bond donors (Lipinski definition) is 2. The number of rotatable bonds is 6. The van der Waals surface area contributed by atoms with E-state index in [0.717, 1.165) is 11.3 Å². The molecule has 17 heavy (non-hydrogen) atoms. The predicted octanol–water partition coefficient (Wildman–Crippen LogP) is 0.998. The summed E-state index contributed by atoms with van der Waals surface area (Å²) < 4.78 is 1.65. The summed E-state index contributed by atoms with van der Waals surface area (Å²) in [4.78, 5) is 11.2. The Morgan fingerprint density at radius 2 is 2.24 bits per heavy atom. The number of carbonyl (C=O) groups is 1. The lowest BCUT2D eigenvalue weighted by atomic mass is 10.2. The molecule has 0 unspecified atom stereocenters. The van der Waals surface area contributed by atoms with Gasteiger partial charge in [-0.3, -0.25) is 9.48 Å². The lowest BCUT2D eigenvalue weighted by molar-refractivity contribution is -0.120. The zero-order chi connectivity index (χ0) is 12.8. The molecule has 0 aliphatic heterocycles. The van der Waals surface area contributed by atoms with Gasteiger partial charge in [0.1, 0.15) is 5.15 Å². The summed E-state index contributed by atoms with van der Waals surface area (Å²) in [5, 5.41) is 10.8. The van der Waals surface area contributed by atoms with Crippen molar-refractivity contribution in [1.29, 1.82) is 0 Å². The first-order valence-corrected chi connectivity index (χ1v) is 6.09. The maximum atomic E-state index is 11.2. The van der Waals surface area contributed by atoms with Gasteiger partial charge in [0.25, 0.3) is 0 Å². The van der Waals surface area contributed by atoms with Crippen LogP contribution in [0.15, 0.2) is 0 Å². The summed E-state index contributed by atoms with van der Waals surface area (Å²) in [7, 11) is 1.81. The van der Waals surface area contributed by atoms with Crippen LogP contribution in [0.1, 0.15) is 24.6 Å². The van der Waals surface area contributed by atoms with Gasteiger partial charge in [-0.05, 0) is 13.8 Å². The largest absolute Gasteiger partial charge is 0.356 e. The van der Waals surface area contributed by atoms with Gasteiger partial charge in [-0.15, -0.1) is 0 Å². The van der Waals surface area contributed by atoms with Gasteiger partial charge in [0.2, 0.25) is 5.91 Å². The van der Waals surface area contributed by atoms with Crippen molar-refractivity contribution in [1.82, 2.24) is 20.4 Å². The minimum absolute atomic E-state index is 0.0639. The first kappa shape index (κ1) is 14.0. The number of amides is 1. The Morgan fingerprint density at radius 1 is 1.53 bits per heavy atom. The normalized spacial score (nSPS) is 10.6. The molecule has 0 bridgehead atoms. The number of nitrogens with zero attached hydrogens (tertiary/aromatic N) is 2. The van der Waals surface area contributed by atoms with Crippen molar-refractivity contribution in [3.8, 4) is 0 Å². The summed E-state index contributed by atoms with van der Waals surface area (Å²) >= 11 is 6.09. The molecule has 0 aliphatic rings.